The second kappa shape index (κ2) is 5.27. The summed E-state index contributed by atoms with van der Waals surface area (Å²) in [5, 5.41) is 8.77. The fourth-order valence-corrected chi connectivity index (χ4v) is 2.51. The van der Waals surface area contributed by atoms with Crippen LogP contribution in [0.2, 0.25) is 0 Å². The zero-order chi connectivity index (χ0) is 9.68. The number of hydrogen-bond acceptors (Lipinski definition) is 1. The van der Waals surface area contributed by atoms with E-state index in [1.165, 1.54) is 25.7 Å². The Morgan fingerprint density at radius 1 is 1.31 bits per heavy atom. The summed E-state index contributed by atoms with van der Waals surface area (Å²) in [4.78, 5) is 0. The molecular formula is C12H21N. The summed E-state index contributed by atoms with van der Waals surface area (Å²) in [5.41, 5.74) is 0. The van der Waals surface area contributed by atoms with Crippen molar-refractivity contribution in [3.05, 3.63) is 0 Å². The molecule has 1 atom stereocenters. The molecule has 1 unspecified atom stereocenters. The Labute approximate surface area is 82.1 Å². The molecule has 1 rings (SSSR count). The Bertz CT molecular complexity index is 172. The lowest BCUT2D eigenvalue weighted by Crippen LogP contribution is -2.19. The van der Waals surface area contributed by atoms with E-state index in [1.807, 2.05) is 0 Å². The van der Waals surface area contributed by atoms with E-state index in [-0.39, 0.29) is 0 Å². The van der Waals surface area contributed by atoms with Crippen molar-refractivity contribution in [1.29, 1.82) is 5.26 Å². The summed E-state index contributed by atoms with van der Waals surface area (Å²) < 4.78 is 0. The van der Waals surface area contributed by atoms with Gasteiger partial charge in [0.1, 0.15) is 0 Å². The van der Waals surface area contributed by atoms with E-state index in [2.05, 4.69) is 19.9 Å². The lowest BCUT2D eigenvalue weighted by atomic mass is 9.75. The van der Waals surface area contributed by atoms with Crippen LogP contribution < -0.4 is 0 Å². The molecule has 1 aliphatic rings. The molecular weight excluding hydrogens is 158 g/mol. The van der Waals surface area contributed by atoms with Gasteiger partial charge in [-0.1, -0.05) is 26.7 Å². The second-order valence-electron chi connectivity index (χ2n) is 4.51. The molecule has 1 heteroatoms. The monoisotopic (exact) mass is 179 g/mol. The van der Waals surface area contributed by atoms with Crippen LogP contribution in [0.5, 0.6) is 0 Å². The smallest absolute Gasteiger partial charge is 0.0655 e. The van der Waals surface area contributed by atoms with E-state index >= 15 is 0 Å². The molecule has 13 heavy (non-hydrogen) atoms. The molecule has 1 fully saturated rings. The summed E-state index contributed by atoms with van der Waals surface area (Å²) in [6.45, 7) is 4.64. The first-order valence-corrected chi connectivity index (χ1v) is 5.67. The number of nitriles is 1. The normalized spacial score (nSPS) is 30.8. The summed E-state index contributed by atoms with van der Waals surface area (Å²) in [6.07, 6.45) is 7.55. The third-order valence-electron chi connectivity index (χ3n) is 3.50. The van der Waals surface area contributed by atoms with Gasteiger partial charge >= 0.3 is 0 Å². The maximum atomic E-state index is 8.77. The number of rotatable bonds is 3. The van der Waals surface area contributed by atoms with Crippen molar-refractivity contribution >= 4 is 0 Å². The van der Waals surface area contributed by atoms with Crippen molar-refractivity contribution < 1.29 is 0 Å². The van der Waals surface area contributed by atoms with Crippen LogP contribution >= 0.6 is 0 Å². The molecule has 0 heterocycles. The predicted octanol–water partition coefficient (Wildman–Crippen LogP) is 3.75. The molecule has 0 aromatic rings. The van der Waals surface area contributed by atoms with E-state index in [0.29, 0.717) is 5.92 Å². The molecule has 0 saturated heterocycles. The van der Waals surface area contributed by atoms with Gasteiger partial charge in [-0.2, -0.15) is 5.26 Å². The van der Waals surface area contributed by atoms with Crippen LogP contribution in [0.3, 0.4) is 0 Å². The molecule has 0 aromatic heterocycles. The maximum absolute atomic E-state index is 8.77. The molecule has 0 amide bonds. The summed E-state index contributed by atoms with van der Waals surface area (Å²) in [6, 6.07) is 2.40. The minimum atomic E-state index is 0.366. The molecule has 1 nitrogen and oxygen atoms in total. The SMILES string of the molecule is CCCC(C)C1CCC(C#N)CC1. The first-order chi connectivity index (χ1) is 6.27. The summed E-state index contributed by atoms with van der Waals surface area (Å²) in [5.74, 6) is 2.15. The summed E-state index contributed by atoms with van der Waals surface area (Å²) in [7, 11) is 0. The number of hydrogen-bond donors (Lipinski definition) is 0. The topological polar surface area (TPSA) is 23.8 Å². The van der Waals surface area contributed by atoms with Gasteiger partial charge in [0.25, 0.3) is 0 Å². The first kappa shape index (κ1) is 10.6. The quantitative estimate of drug-likeness (QED) is 0.647. The lowest BCUT2D eigenvalue weighted by molar-refractivity contribution is 0.228. The molecule has 74 valence electrons. The third kappa shape index (κ3) is 3.03. The van der Waals surface area contributed by atoms with Crippen molar-refractivity contribution in [2.45, 2.75) is 52.4 Å². The van der Waals surface area contributed by atoms with Crippen LogP contribution in [-0.2, 0) is 0 Å². The minimum Gasteiger partial charge on any atom is -0.198 e. The van der Waals surface area contributed by atoms with Gasteiger partial charge in [0.2, 0.25) is 0 Å². The highest BCUT2D eigenvalue weighted by Crippen LogP contribution is 2.34. The molecule has 0 radical (unpaired) electrons. The van der Waals surface area contributed by atoms with Crippen LogP contribution in [-0.4, -0.2) is 0 Å². The van der Waals surface area contributed by atoms with Crippen LogP contribution in [0, 0.1) is 29.1 Å². The number of nitrogens with zero attached hydrogens (tertiary/aromatic N) is 1. The highest BCUT2D eigenvalue weighted by Gasteiger charge is 2.24. The van der Waals surface area contributed by atoms with Crippen molar-refractivity contribution in [3.8, 4) is 6.07 Å². The Morgan fingerprint density at radius 3 is 2.38 bits per heavy atom. The zero-order valence-corrected chi connectivity index (χ0v) is 8.92. The van der Waals surface area contributed by atoms with Crippen molar-refractivity contribution in [1.82, 2.24) is 0 Å². The molecule has 0 aliphatic heterocycles. The van der Waals surface area contributed by atoms with E-state index in [9.17, 15) is 0 Å². The van der Waals surface area contributed by atoms with Crippen LogP contribution in [0.25, 0.3) is 0 Å². The molecule has 1 saturated carbocycles. The van der Waals surface area contributed by atoms with Crippen LogP contribution in [0.15, 0.2) is 0 Å². The van der Waals surface area contributed by atoms with Crippen molar-refractivity contribution in [2.75, 3.05) is 0 Å². The Kier molecular flexibility index (Phi) is 4.28. The molecule has 1 aliphatic carbocycles. The first-order valence-electron chi connectivity index (χ1n) is 5.67. The van der Waals surface area contributed by atoms with Gasteiger partial charge in [0.05, 0.1) is 6.07 Å². The van der Waals surface area contributed by atoms with Crippen molar-refractivity contribution in [2.24, 2.45) is 17.8 Å². The summed E-state index contributed by atoms with van der Waals surface area (Å²) >= 11 is 0. The standard InChI is InChI=1S/C12H21N/c1-3-4-10(2)12-7-5-11(9-13)6-8-12/h10-12H,3-8H2,1-2H3. The van der Waals surface area contributed by atoms with Crippen LogP contribution in [0.1, 0.15) is 52.4 Å². The van der Waals surface area contributed by atoms with Crippen LogP contribution in [0.4, 0.5) is 0 Å². The fourth-order valence-electron chi connectivity index (χ4n) is 2.51. The van der Waals surface area contributed by atoms with E-state index in [4.69, 9.17) is 5.26 Å². The maximum Gasteiger partial charge on any atom is 0.0655 e. The Morgan fingerprint density at radius 2 is 1.92 bits per heavy atom. The van der Waals surface area contributed by atoms with Crippen molar-refractivity contribution in [3.63, 3.8) is 0 Å². The molecule has 0 bridgehead atoms. The molecule has 0 N–H and O–H groups in total. The second-order valence-corrected chi connectivity index (χ2v) is 4.51. The van der Waals surface area contributed by atoms with Gasteiger partial charge in [-0.25, -0.2) is 0 Å². The highest BCUT2D eigenvalue weighted by atomic mass is 14.3. The molecule has 0 spiro atoms. The molecule has 0 aromatic carbocycles. The average molecular weight is 179 g/mol. The van der Waals surface area contributed by atoms with Gasteiger partial charge in [-0.3, -0.25) is 0 Å². The average Bonchev–Trinajstić information content (AvgIpc) is 2.18. The van der Waals surface area contributed by atoms with Gasteiger partial charge in [0, 0.05) is 5.92 Å². The minimum absolute atomic E-state index is 0.366. The zero-order valence-electron chi connectivity index (χ0n) is 8.92. The predicted molar refractivity (Wildman–Crippen MR) is 55.1 cm³/mol. The fraction of sp³-hybridized carbons (Fsp3) is 0.917. The van der Waals surface area contributed by atoms with E-state index in [1.54, 1.807) is 0 Å². The largest absolute Gasteiger partial charge is 0.198 e. The van der Waals surface area contributed by atoms with Gasteiger partial charge in [-0.05, 0) is 37.5 Å². The van der Waals surface area contributed by atoms with Gasteiger partial charge < -0.3 is 0 Å². The van der Waals surface area contributed by atoms with E-state index in [0.717, 1.165) is 24.7 Å². The third-order valence-corrected chi connectivity index (χ3v) is 3.50. The van der Waals surface area contributed by atoms with Gasteiger partial charge in [-0.15, -0.1) is 0 Å². The Hall–Kier alpha value is -0.510. The lowest BCUT2D eigenvalue weighted by Gasteiger charge is -2.29. The highest BCUT2D eigenvalue weighted by molar-refractivity contribution is 4.87. The van der Waals surface area contributed by atoms with E-state index < -0.39 is 0 Å². The Balaban J connectivity index is 2.28. The van der Waals surface area contributed by atoms with Gasteiger partial charge in [0.15, 0.2) is 0 Å².